The van der Waals surface area contributed by atoms with E-state index >= 15 is 0 Å². The Balaban J connectivity index is 1.70. The van der Waals surface area contributed by atoms with Crippen LogP contribution in [0.5, 0.6) is 0 Å². The van der Waals surface area contributed by atoms with Gasteiger partial charge in [-0.05, 0) is 44.7 Å². The van der Waals surface area contributed by atoms with E-state index in [0.717, 1.165) is 18.5 Å². The number of benzene rings is 1. The normalized spacial score (nSPS) is 16.2. The molecule has 0 bridgehead atoms. The first-order valence-electron chi connectivity index (χ1n) is 9.68. The lowest BCUT2D eigenvalue weighted by Crippen LogP contribution is -2.38. The van der Waals surface area contributed by atoms with E-state index in [9.17, 15) is 13.2 Å². The molecule has 0 radical (unpaired) electrons. The summed E-state index contributed by atoms with van der Waals surface area (Å²) < 4.78 is 29.4. The molecule has 28 heavy (non-hydrogen) atoms. The first kappa shape index (κ1) is 20.5. The number of carbonyl (C=O) groups excluding carboxylic acids is 1. The van der Waals surface area contributed by atoms with E-state index in [1.54, 1.807) is 22.8 Å². The Labute approximate surface area is 166 Å². The van der Waals surface area contributed by atoms with E-state index in [1.807, 2.05) is 30.3 Å². The fourth-order valence-corrected chi connectivity index (χ4v) is 5.42. The molecule has 1 amide bonds. The highest BCUT2D eigenvalue weighted by Gasteiger charge is 2.32. The maximum Gasteiger partial charge on any atom is 0.246 e. The molecule has 0 atom stereocenters. The Morgan fingerprint density at radius 2 is 1.82 bits per heavy atom. The van der Waals surface area contributed by atoms with Crippen molar-refractivity contribution in [3.05, 3.63) is 41.7 Å². The van der Waals surface area contributed by atoms with Crippen LogP contribution >= 0.6 is 0 Å². The highest BCUT2D eigenvalue weighted by molar-refractivity contribution is 7.89. The number of piperidine rings is 1. The number of sulfonamides is 1. The van der Waals surface area contributed by atoms with Gasteiger partial charge >= 0.3 is 0 Å². The third-order valence-corrected chi connectivity index (χ3v) is 7.42. The fourth-order valence-electron chi connectivity index (χ4n) is 3.58. The molecule has 1 aliphatic rings. The minimum atomic E-state index is -3.56. The predicted octanol–water partition coefficient (Wildman–Crippen LogP) is 2.95. The molecule has 1 aromatic carbocycles. The van der Waals surface area contributed by atoms with Gasteiger partial charge in [-0.2, -0.15) is 9.40 Å². The van der Waals surface area contributed by atoms with Crippen LogP contribution in [0.25, 0.3) is 0 Å². The van der Waals surface area contributed by atoms with Gasteiger partial charge in [-0.15, -0.1) is 0 Å². The van der Waals surface area contributed by atoms with Gasteiger partial charge in [0, 0.05) is 25.2 Å². The van der Waals surface area contributed by atoms with Crippen LogP contribution in [0.2, 0.25) is 0 Å². The Kier molecular flexibility index (Phi) is 6.20. The lowest BCUT2D eigenvalue weighted by Gasteiger charge is -2.29. The molecule has 2 heterocycles. The van der Waals surface area contributed by atoms with E-state index in [0.29, 0.717) is 36.9 Å². The summed E-state index contributed by atoms with van der Waals surface area (Å²) in [4.78, 5) is 12.5. The predicted molar refractivity (Wildman–Crippen MR) is 109 cm³/mol. The van der Waals surface area contributed by atoms with Crippen LogP contribution in [0.1, 0.15) is 37.6 Å². The second-order valence-electron chi connectivity index (χ2n) is 7.47. The second kappa shape index (κ2) is 8.45. The number of anilines is 1. The molecular weight excluding hydrogens is 376 g/mol. The highest BCUT2D eigenvalue weighted by atomic mass is 32.2. The van der Waals surface area contributed by atoms with Gasteiger partial charge in [0.05, 0.1) is 17.9 Å². The van der Waals surface area contributed by atoms with Crippen LogP contribution in [0.4, 0.5) is 5.69 Å². The molecule has 1 fully saturated rings. The quantitative estimate of drug-likeness (QED) is 0.802. The van der Waals surface area contributed by atoms with Crippen molar-refractivity contribution >= 4 is 21.6 Å². The van der Waals surface area contributed by atoms with Crippen molar-refractivity contribution in [3.8, 4) is 0 Å². The summed E-state index contributed by atoms with van der Waals surface area (Å²) in [6.45, 7) is 7.05. The van der Waals surface area contributed by atoms with Gasteiger partial charge in [-0.25, -0.2) is 8.42 Å². The summed E-state index contributed by atoms with van der Waals surface area (Å²) in [6.07, 6.45) is 1.98. The van der Waals surface area contributed by atoms with Crippen molar-refractivity contribution < 1.29 is 13.2 Å². The number of para-hydroxylation sites is 1. The van der Waals surface area contributed by atoms with Gasteiger partial charge in [-0.3, -0.25) is 9.48 Å². The molecule has 1 N–H and O–H groups in total. The lowest BCUT2D eigenvalue weighted by molar-refractivity contribution is -0.116. The van der Waals surface area contributed by atoms with Crippen LogP contribution in [0, 0.1) is 19.8 Å². The van der Waals surface area contributed by atoms with Crippen LogP contribution in [0.3, 0.4) is 0 Å². The molecule has 3 rings (SSSR count). The number of hydrogen-bond acceptors (Lipinski definition) is 4. The average Bonchev–Trinajstić information content (AvgIpc) is 2.95. The summed E-state index contributed by atoms with van der Waals surface area (Å²) in [5.41, 5.74) is 1.81. The third-order valence-electron chi connectivity index (χ3n) is 5.26. The van der Waals surface area contributed by atoms with E-state index in [4.69, 9.17) is 0 Å². The number of nitrogens with zero attached hydrogens (tertiary/aromatic N) is 3. The SMILES string of the molecule is Cc1nn(CCC(=O)Nc2ccccc2)c(C)c1S(=O)(=O)N1CCC(C)CC1. The molecule has 0 spiro atoms. The van der Waals surface area contributed by atoms with Gasteiger partial charge in [0.2, 0.25) is 15.9 Å². The molecular formula is C20H28N4O3S. The minimum Gasteiger partial charge on any atom is -0.326 e. The zero-order valence-corrected chi connectivity index (χ0v) is 17.5. The molecule has 0 saturated carbocycles. The zero-order chi connectivity index (χ0) is 20.3. The first-order chi connectivity index (χ1) is 13.3. The average molecular weight is 405 g/mol. The minimum absolute atomic E-state index is 0.131. The Hall–Kier alpha value is -2.19. The molecule has 1 aromatic heterocycles. The van der Waals surface area contributed by atoms with Gasteiger partial charge in [0.25, 0.3) is 0 Å². The van der Waals surface area contributed by atoms with Gasteiger partial charge in [-0.1, -0.05) is 25.1 Å². The number of aromatic nitrogens is 2. The van der Waals surface area contributed by atoms with Crippen molar-refractivity contribution in [1.82, 2.24) is 14.1 Å². The van der Waals surface area contributed by atoms with Crippen molar-refractivity contribution in [2.75, 3.05) is 18.4 Å². The summed E-state index contributed by atoms with van der Waals surface area (Å²) >= 11 is 0. The van der Waals surface area contributed by atoms with E-state index in [-0.39, 0.29) is 17.2 Å². The highest BCUT2D eigenvalue weighted by Crippen LogP contribution is 2.27. The van der Waals surface area contributed by atoms with Gasteiger partial charge < -0.3 is 5.32 Å². The topological polar surface area (TPSA) is 84.3 Å². The number of carbonyl (C=O) groups is 1. The zero-order valence-electron chi connectivity index (χ0n) is 16.7. The largest absolute Gasteiger partial charge is 0.326 e. The number of hydrogen-bond donors (Lipinski definition) is 1. The van der Waals surface area contributed by atoms with Gasteiger partial charge in [0.15, 0.2) is 0 Å². The number of aryl methyl sites for hydroxylation is 2. The first-order valence-corrected chi connectivity index (χ1v) is 11.1. The van der Waals surface area contributed by atoms with Crippen LogP contribution in [-0.4, -0.2) is 41.5 Å². The van der Waals surface area contributed by atoms with Crippen molar-refractivity contribution in [2.24, 2.45) is 5.92 Å². The standard InChI is InChI=1S/C20H28N4O3S/c1-15-9-12-23(13-10-15)28(26,27)20-16(2)22-24(17(20)3)14-11-19(25)21-18-7-5-4-6-8-18/h4-8,15H,9-14H2,1-3H3,(H,21,25). The van der Waals surface area contributed by atoms with Gasteiger partial charge in [0.1, 0.15) is 4.90 Å². The maximum atomic E-state index is 13.1. The number of amides is 1. The molecule has 7 nitrogen and oxygen atoms in total. The van der Waals surface area contributed by atoms with Crippen molar-refractivity contribution in [3.63, 3.8) is 0 Å². The van der Waals surface area contributed by atoms with Crippen molar-refractivity contribution in [2.45, 2.75) is 51.5 Å². The lowest BCUT2D eigenvalue weighted by atomic mass is 10.0. The maximum absolute atomic E-state index is 13.1. The Morgan fingerprint density at radius 3 is 2.46 bits per heavy atom. The molecule has 2 aromatic rings. The Morgan fingerprint density at radius 1 is 1.18 bits per heavy atom. The summed E-state index contributed by atoms with van der Waals surface area (Å²) in [7, 11) is -3.56. The van der Waals surface area contributed by atoms with E-state index in [2.05, 4.69) is 17.3 Å². The number of rotatable bonds is 6. The third kappa shape index (κ3) is 4.44. The number of nitrogens with one attached hydrogen (secondary N) is 1. The van der Waals surface area contributed by atoms with Crippen LogP contribution in [0.15, 0.2) is 35.2 Å². The summed E-state index contributed by atoms with van der Waals surface area (Å²) in [5, 5.41) is 7.23. The summed E-state index contributed by atoms with van der Waals surface area (Å²) in [6, 6.07) is 9.25. The molecule has 0 unspecified atom stereocenters. The summed E-state index contributed by atoms with van der Waals surface area (Å²) in [5.74, 6) is 0.424. The molecule has 8 heteroatoms. The van der Waals surface area contributed by atoms with Crippen molar-refractivity contribution in [1.29, 1.82) is 0 Å². The van der Waals surface area contributed by atoms with Crippen LogP contribution in [-0.2, 0) is 21.4 Å². The molecule has 152 valence electrons. The second-order valence-corrected chi connectivity index (χ2v) is 9.35. The van der Waals surface area contributed by atoms with E-state index in [1.165, 1.54) is 0 Å². The van der Waals surface area contributed by atoms with Crippen LogP contribution < -0.4 is 5.32 Å². The molecule has 1 saturated heterocycles. The smallest absolute Gasteiger partial charge is 0.246 e. The molecule has 0 aliphatic carbocycles. The van der Waals surface area contributed by atoms with E-state index < -0.39 is 10.0 Å². The monoisotopic (exact) mass is 404 g/mol. The molecule has 1 aliphatic heterocycles. The Bertz CT molecular complexity index is 930. The fraction of sp³-hybridized carbons (Fsp3) is 0.500.